The lowest BCUT2D eigenvalue weighted by Gasteiger charge is -2.04. The summed E-state index contributed by atoms with van der Waals surface area (Å²) in [6, 6.07) is 0. The molecule has 76 valence electrons. The van der Waals surface area contributed by atoms with Gasteiger partial charge in [-0.1, -0.05) is 48.5 Å². The molecule has 0 heteroatoms. The minimum atomic E-state index is 0.991. The van der Waals surface area contributed by atoms with E-state index in [-0.39, 0.29) is 0 Å². The van der Waals surface area contributed by atoms with E-state index in [0.717, 1.165) is 17.8 Å². The van der Waals surface area contributed by atoms with Crippen LogP contribution in [0.25, 0.3) is 0 Å². The Bertz CT molecular complexity index is 66.1. The molecule has 0 aromatic carbocycles. The molecule has 12 heavy (non-hydrogen) atoms. The second-order valence-corrected chi connectivity index (χ2v) is 3.53. The third-order valence-corrected chi connectivity index (χ3v) is 2.52. The molecule has 0 heterocycles. The van der Waals surface area contributed by atoms with Gasteiger partial charge in [0.2, 0.25) is 0 Å². The van der Waals surface area contributed by atoms with E-state index in [1.54, 1.807) is 0 Å². The molecule has 0 aromatic heterocycles. The summed E-state index contributed by atoms with van der Waals surface area (Å²) in [5.74, 6) is 2.98. The average Bonchev–Trinajstić information content (AvgIpc) is 2.37. The average molecular weight is 172 g/mol. The molecule has 0 amide bonds. The van der Waals surface area contributed by atoms with Crippen LogP contribution >= 0.6 is 0 Å². The van der Waals surface area contributed by atoms with E-state index in [1.807, 2.05) is 27.7 Å². The van der Waals surface area contributed by atoms with E-state index in [1.165, 1.54) is 12.8 Å². The number of hydrogen-bond donors (Lipinski definition) is 0. The smallest absolute Gasteiger partial charge is 0.0414 e. The second kappa shape index (κ2) is 9.09. The highest BCUT2D eigenvalue weighted by Gasteiger charge is 2.24. The molecule has 1 saturated carbocycles. The molecule has 0 nitrogen and oxygen atoms in total. The quantitative estimate of drug-likeness (QED) is 0.495. The van der Waals surface area contributed by atoms with Crippen molar-refractivity contribution in [2.24, 2.45) is 17.8 Å². The van der Waals surface area contributed by atoms with Crippen LogP contribution < -0.4 is 0 Å². The Balaban J connectivity index is 0. The zero-order valence-electron chi connectivity index (χ0n) is 10.1. The van der Waals surface area contributed by atoms with Crippen molar-refractivity contribution < 1.29 is 0 Å². The van der Waals surface area contributed by atoms with Gasteiger partial charge in [0.25, 0.3) is 0 Å². The van der Waals surface area contributed by atoms with Crippen LogP contribution in [0.3, 0.4) is 0 Å². The second-order valence-electron chi connectivity index (χ2n) is 3.53. The van der Waals surface area contributed by atoms with Crippen molar-refractivity contribution in [3.8, 4) is 0 Å². The predicted molar refractivity (Wildman–Crippen MR) is 59.4 cm³/mol. The van der Waals surface area contributed by atoms with Crippen molar-refractivity contribution in [1.82, 2.24) is 0 Å². The molecule has 1 rings (SSSR count). The van der Waals surface area contributed by atoms with E-state index in [2.05, 4.69) is 20.8 Å². The zero-order valence-corrected chi connectivity index (χ0v) is 10.1. The third-order valence-electron chi connectivity index (χ3n) is 2.52. The first kappa shape index (κ1) is 14.5. The van der Waals surface area contributed by atoms with E-state index in [0.29, 0.717) is 0 Å². The first-order chi connectivity index (χ1) is 5.70. The highest BCUT2D eigenvalue weighted by atomic mass is 14.3. The minimum Gasteiger partial charge on any atom is -0.0683 e. The van der Waals surface area contributed by atoms with Crippen LogP contribution in [0.2, 0.25) is 0 Å². The fourth-order valence-electron chi connectivity index (χ4n) is 1.83. The van der Waals surface area contributed by atoms with Crippen molar-refractivity contribution in [3.63, 3.8) is 0 Å². The fraction of sp³-hybridized carbons (Fsp3) is 1.00. The largest absolute Gasteiger partial charge is 0.0683 e. The van der Waals surface area contributed by atoms with Gasteiger partial charge in [0.15, 0.2) is 0 Å². The maximum atomic E-state index is 2.37. The molecular weight excluding hydrogens is 144 g/mol. The van der Waals surface area contributed by atoms with Crippen LogP contribution in [-0.4, -0.2) is 0 Å². The van der Waals surface area contributed by atoms with Crippen LogP contribution in [0.4, 0.5) is 0 Å². The van der Waals surface area contributed by atoms with Gasteiger partial charge in [-0.25, -0.2) is 0 Å². The van der Waals surface area contributed by atoms with Crippen molar-refractivity contribution in [3.05, 3.63) is 0 Å². The molecule has 0 saturated heterocycles. The summed E-state index contributed by atoms with van der Waals surface area (Å²) in [5, 5.41) is 0. The van der Waals surface area contributed by atoms with E-state index < -0.39 is 0 Å². The third kappa shape index (κ3) is 5.62. The van der Waals surface area contributed by atoms with Gasteiger partial charge in [-0.05, 0) is 30.6 Å². The van der Waals surface area contributed by atoms with Gasteiger partial charge in [0.05, 0.1) is 0 Å². The summed E-state index contributed by atoms with van der Waals surface area (Å²) in [4.78, 5) is 0. The predicted octanol–water partition coefficient (Wildman–Crippen LogP) is 4.74. The highest BCUT2D eigenvalue weighted by Crippen LogP contribution is 2.34. The number of rotatable bonds is 0. The lowest BCUT2D eigenvalue weighted by molar-refractivity contribution is 0.457. The summed E-state index contributed by atoms with van der Waals surface area (Å²) < 4.78 is 0. The standard InChI is InChI=1S/C8H16.2C2H6/c1-6-4-7(2)8(3)5-6;2*1-2/h6-8H,4-5H2,1-3H3;2*1-2H3. The normalized spacial score (nSPS) is 32.8. The highest BCUT2D eigenvalue weighted by molar-refractivity contribution is 4.74. The summed E-state index contributed by atoms with van der Waals surface area (Å²) in [6.45, 7) is 15.1. The van der Waals surface area contributed by atoms with Crippen molar-refractivity contribution in [2.45, 2.75) is 61.3 Å². The molecule has 2 unspecified atom stereocenters. The Hall–Kier alpha value is 0. The Morgan fingerprint density at radius 1 is 0.667 bits per heavy atom. The van der Waals surface area contributed by atoms with Crippen LogP contribution in [0.1, 0.15) is 61.3 Å². The summed E-state index contributed by atoms with van der Waals surface area (Å²) in [7, 11) is 0. The van der Waals surface area contributed by atoms with Crippen molar-refractivity contribution in [1.29, 1.82) is 0 Å². The van der Waals surface area contributed by atoms with E-state index in [9.17, 15) is 0 Å². The molecule has 0 radical (unpaired) electrons. The summed E-state index contributed by atoms with van der Waals surface area (Å²) in [6.07, 6.45) is 2.92. The maximum absolute atomic E-state index is 2.37. The molecular formula is C12H28. The minimum absolute atomic E-state index is 0.991. The van der Waals surface area contributed by atoms with E-state index >= 15 is 0 Å². The van der Waals surface area contributed by atoms with E-state index in [4.69, 9.17) is 0 Å². The molecule has 0 aliphatic heterocycles. The van der Waals surface area contributed by atoms with Gasteiger partial charge in [-0.3, -0.25) is 0 Å². The van der Waals surface area contributed by atoms with Crippen molar-refractivity contribution in [2.75, 3.05) is 0 Å². The molecule has 2 atom stereocenters. The molecule has 0 bridgehead atoms. The fourth-order valence-corrected chi connectivity index (χ4v) is 1.83. The molecule has 1 fully saturated rings. The molecule has 1 aliphatic carbocycles. The lowest BCUT2D eigenvalue weighted by Crippen LogP contribution is -1.95. The first-order valence-corrected chi connectivity index (χ1v) is 5.70. The molecule has 0 N–H and O–H groups in total. The van der Waals surface area contributed by atoms with Gasteiger partial charge in [-0.15, -0.1) is 0 Å². The summed E-state index contributed by atoms with van der Waals surface area (Å²) >= 11 is 0. The van der Waals surface area contributed by atoms with Gasteiger partial charge < -0.3 is 0 Å². The Morgan fingerprint density at radius 2 is 0.917 bits per heavy atom. The Labute approximate surface area is 79.8 Å². The Kier molecular flexibility index (Phi) is 11.0. The van der Waals surface area contributed by atoms with Gasteiger partial charge >= 0.3 is 0 Å². The monoisotopic (exact) mass is 172 g/mol. The molecule has 0 spiro atoms. The zero-order chi connectivity index (χ0) is 10.1. The SMILES string of the molecule is CC.CC.CC1CC(C)C(C)C1. The Morgan fingerprint density at radius 3 is 1.00 bits per heavy atom. The molecule has 1 aliphatic rings. The van der Waals surface area contributed by atoms with Gasteiger partial charge in [0, 0.05) is 0 Å². The van der Waals surface area contributed by atoms with Crippen LogP contribution in [0.5, 0.6) is 0 Å². The first-order valence-electron chi connectivity index (χ1n) is 5.70. The topological polar surface area (TPSA) is 0 Å². The van der Waals surface area contributed by atoms with Crippen LogP contribution in [-0.2, 0) is 0 Å². The van der Waals surface area contributed by atoms with Gasteiger partial charge in [-0.2, -0.15) is 0 Å². The van der Waals surface area contributed by atoms with Crippen molar-refractivity contribution >= 4 is 0 Å². The van der Waals surface area contributed by atoms with Gasteiger partial charge in [0.1, 0.15) is 0 Å². The summed E-state index contributed by atoms with van der Waals surface area (Å²) in [5.41, 5.74) is 0. The van der Waals surface area contributed by atoms with Crippen LogP contribution in [0, 0.1) is 17.8 Å². The number of hydrogen-bond acceptors (Lipinski definition) is 0. The van der Waals surface area contributed by atoms with Crippen LogP contribution in [0.15, 0.2) is 0 Å². The molecule has 0 aromatic rings. The lowest BCUT2D eigenvalue weighted by atomic mass is 10.0. The maximum Gasteiger partial charge on any atom is -0.0414 e.